The monoisotopic (exact) mass is 305 g/mol. The number of hydrogen-bond donors (Lipinski definition) is 0. The molecule has 0 saturated heterocycles. The SMILES string of the molecule is ClC(=Nc1ccccc1)C(c1ccccc1)c1ccccc1. The zero-order valence-electron chi connectivity index (χ0n) is 12.1. The molecule has 0 amide bonds. The molecule has 0 fully saturated rings. The second-order valence-electron chi connectivity index (χ2n) is 5.02. The highest BCUT2D eigenvalue weighted by Gasteiger charge is 2.18. The van der Waals surface area contributed by atoms with Gasteiger partial charge in [0.15, 0.2) is 0 Å². The van der Waals surface area contributed by atoms with Crippen molar-refractivity contribution in [1.29, 1.82) is 0 Å². The third-order valence-electron chi connectivity index (χ3n) is 3.50. The molecule has 0 N–H and O–H groups in total. The van der Waals surface area contributed by atoms with Crippen LogP contribution < -0.4 is 0 Å². The Morgan fingerprint density at radius 2 is 1.05 bits per heavy atom. The molecule has 0 saturated carbocycles. The van der Waals surface area contributed by atoms with Gasteiger partial charge in [-0.3, -0.25) is 0 Å². The summed E-state index contributed by atoms with van der Waals surface area (Å²) in [6.07, 6.45) is 0. The van der Waals surface area contributed by atoms with Gasteiger partial charge < -0.3 is 0 Å². The lowest BCUT2D eigenvalue weighted by Crippen LogP contribution is -2.08. The lowest BCUT2D eigenvalue weighted by Gasteiger charge is -2.16. The van der Waals surface area contributed by atoms with E-state index in [1.54, 1.807) is 0 Å². The van der Waals surface area contributed by atoms with Crippen LogP contribution in [0.25, 0.3) is 0 Å². The molecule has 0 atom stereocenters. The summed E-state index contributed by atoms with van der Waals surface area (Å²) in [4.78, 5) is 4.59. The quantitative estimate of drug-likeness (QED) is 0.541. The maximum Gasteiger partial charge on any atom is 0.118 e. The summed E-state index contributed by atoms with van der Waals surface area (Å²) in [6.45, 7) is 0. The molecular formula is C20H16ClN. The first-order valence-corrected chi connectivity index (χ1v) is 7.61. The maximum absolute atomic E-state index is 6.60. The van der Waals surface area contributed by atoms with Gasteiger partial charge in [0.25, 0.3) is 0 Å². The highest BCUT2D eigenvalue weighted by atomic mass is 35.5. The van der Waals surface area contributed by atoms with Crippen molar-refractivity contribution in [3.8, 4) is 0 Å². The second-order valence-corrected chi connectivity index (χ2v) is 5.41. The van der Waals surface area contributed by atoms with Crippen molar-refractivity contribution in [1.82, 2.24) is 0 Å². The minimum atomic E-state index is -0.0516. The fourth-order valence-corrected chi connectivity index (χ4v) is 2.80. The number of hydrogen-bond acceptors (Lipinski definition) is 1. The van der Waals surface area contributed by atoms with Crippen LogP contribution in [0.5, 0.6) is 0 Å². The molecule has 108 valence electrons. The van der Waals surface area contributed by atoms with E-state index in [1.165, 1.54) is 0 Å². The van der Waals surface area contributed by atoms with Crippen LogP contribution in [0, 0.1) is 0 Å². The number of rotatable bonds is 4. The maximum atomic E-state index is 6.60. The van der Waals surface area contributed by atoms with E-state index < -0.39 is 0 Å². The molecule has 0 aromatic heterocycles. The van der Waals surface area contributed by atoms with Crippen LogP contribution >= 0.6 is 11.6 Å². The van der Waals surface area contributed by atoms with Crippen LogP contribution in [-0.4, -0.2) is 5.17 Å². The molecule has 3 aromatic carbocycles. The van der Waals surface area contributed by atoms with E-state index in [0.29, 0.717) is 5.17 Å². The van der Waals surface area contributed by atoms with Gasteiger partial charge in [-0.15, -0.1) is 0 Å². The third-order valence-corrected chi connectivity index (χ3v) is 3.80. The Hall–Kier alpha value is -2.38. The predicted octanol–water partition coefficient (Wildman–Crippen LogP) is 5.79. The first kappa shape index (κ1) is 14.6. The van der Waals surface area contributed by atoms with Crippen LogP contribution in [0.1, 0.15) is 17.0 Å². The van der Waals surface area contributed by atoms with Crippen molar-refractivity contribution in [2.24, 2.45) is 4.99 Å². The lowest BCUT2D eigenvalue weighted by molar-refractivity contribution is 1.09. The first-order chi connectivity index (χ1) is 10.8. The molecule has 0 heterocycles. The topological polar surface area (TPSA) is 12.4 Å². The Balaban J connectivity index is 2.04. The molecule has 0 bridgehead atoms. The van der Waals surface area contributed by atoms with Crippen molar-refractivity contribution in [3.05, 3.63) is 102 Å². The van der Waals surface area contributed by atoms with Crippen molar-refractivity contribution in [2.75, 3.05) is 0 Å². The molecule has 3 rings (SSSR count). The van der Waals surface area contributed by atoms with Crippen molar-refractivity contribution in [2.45, 2.75) is 5.92 Å². The Labute approximate surface area is 135 Å². The molecule has 0 radical (unpaired) electrons. The third kappa shape index (κ3) is 3.44. The van der Waals surface area contributed by atoms with Gasteiger partial charge in [-0.25, -0.2) is 4.99 Å². The summed E-state index contributed by atoms with van der Waals surface area (Å²) in [5.41, 5.74) is 3.14. The summed E-state index contributed by atoms with van der Waals surface area (Å²) in [7, 11) is 0. The Morgan fingerprint density at radius 3 is 1.50 bits per heavy atom. The first-order valence-electron chi connectivity index (χ1n) is 7.23. The predicted molar refractivity (Wildman–Crippen MR) is 94.1 cm³/mol. The molecular weight excluding hydrogens is 290 g/mol. The average molecular weight is 306 g/mol. The minimum absolute atomic E-state index is 0.0516. The summed E-state index contributed by atoms with van der Waals surface area (Å²) in [5, 5.41) is 0.573. The Bertz CT molecular complexity index is 697. The van der Waals surface area contributed by atoms with Gasteiger partial charge in [0.1, 0.15) is 5.17 Å². The van der Waals surface area contributed by atoms with Gasteiger partial charge >= 0.3 is 0 Å². The summed E-state index contributed by atoms with van der Waals surface area (Å²) < 4.78 is 0. The smallest absolute Gasteiger partial charge is 0.118 e. The minimum Gasteiger partial charge on any atom is -0.240 e. The van der Waals surface area contributed by atoms with Crippen molar-refractivity contribution >= 4 is 22.5 Å². The fraction of sp³-hybridized carbons (Fsp3) is 0.0500. The zero-order chi connectivity index (χ0) is 15.2. The fourth-order valence-electron chi connectivity index (χ4n) is 2.45. The molecule has 1 nitrogen and oxygen atoms in total. The van der Waals surface area contributed by atoms with Crippen LogP contribution in [0.15, 0.2) is 96.0 Å². The number of benzene rings is 3. The molecule has 22 heavy (non-hydrogen) atoms. The van der Waals surface area contributed by atoms with Gasteiger partial charge in [0, 0.05) is 0 Å². The van der Waals surface area contributed by atoms with Crippen LogP contribution in [-0.2, 0) is 0 Å². The van der Waals surface area contributed by atoms with Gasteiger partial charge in [-0.1, -0.05) is 90.5 Å². The molecule has 0 aliphatic rings. The van der Waals surface area contributed by atoms with Crippen LogP contribution in [0.4, 0.5) is 5.69 Å². The van der Waals surface area contributed by atoms with Crippen LogP contribution in [0.2, 0.25) is 0 Å². The number of nitrogens with zero attached hydrogens (tertiary/aromatic N) is 1. The standard InChI is InChI=1S/C20H16ClN/c21-20(22-18-14-8-3-9-15-18)19(16-10-4-1-5-11-16)17-12-6-2-7-13-17/h1-15,19H. The van der Waals surface area contributed by atoms with E-state index in [9.17, 15) is 0 Å². The van der Waals surface area contributed by atoms with E-state index in [-0.39, 0.29) is 5.92 Å². The Kier molecular flexibility index (Phi) is 4.67. The molecule has 0 aliphatic carbocycles. The summed E-state index contributed by atoms with van der Waals surface area (Å²) in [6, 6.07) is 30.3. The van der Waals surface area contributed by atoms with Gasteiger partial charge in [0.05, 0.1) is 11.6 Å². The molecule has 0 unspecified atom stereocenters. The molecule has 0 aliphatic heterocycles. The zero-order valence-corrected chi connectivity index (χ0v) is 12.8. The van der Waals surface area contributed by atoms with Crippen molar-refractivity contribution in [3.63, 3.8) is 0 Å². The normalized spacial score (nSPS) is 11.6. The second kappa shape index (κ2) is 7.06. The highest BCUT2D eigenvalue weighted by Crippen LogP contribution is 2.29. The highest BCUT2D eigenvalue weighted by molar-refractivity contribution is 6.67. The molecule has 3 aromatic rings. The van der Waals surface area contributed by atoms with Crippen LogP contribution in [0.3, 0.4) is 0 Å². The Morgan fingerprint density at radius 1 is 0.636 bits per heavy atom. The van der Waals surface area contributed by atoms with Gasteiger partial charge in [-0.2, -0.15) is 0 Å². The molecule has 2 heteroatoms. The summed E-state index contributed by atoms with van der Waals surface area (Å²) >= 11 is 6.60. The van der Waals surface area contributed by atoms with E-state index in [4.69, 9.17) is 11.6 Å². The molecule has 0 spiro atoms. The largest absolute Gasteiger partial charge is 0.240 e. The average Bonchev–Trinajstić information content (AvgIpc) is 2.58. The van der Waals surface area contributed by atoms with E-state index >= 15 is 0 Å². The van der Waals surface area contributed by atoms with E-state index in [1.807, 2.05) is 66.7 Å². The van der Waals surface area contributed by atoms with Gasteiger partial charge in [0.2, 0.25) is 0 Å². The van der Waals surface area contributed by atoms with E-state index in [2.05, 4.69) is 29.3 Å². The number of para-hydroxylation sites is 1. The number of halogens is 1. The van der Waals surface area contributed by atoms with E-state index in [0.717, 1.165) is 16.8 Å². The van der Waals surface area contributed by atoms with Crippen molar-refractivity contribution < 1.29 is 0 Å². The summed E-state index contributed by atoms with van der Waals surface area (Å²) in [5.74, 6) is -0.0516. The number of aliphatic imine (C=N–C) groups is 1. The lowest BCUT2D eigenvalue weighted by atomic mass is 9.92. The van der Waals surface area contributed by atoms with Gasteiger partial charge in [-0.05, 0) is 23.3 Å².